The van der Waals surface area contributed by atoms with Crippen LogP contribution < -0.4 is 4.74 Å². The van der Waals surface area contributed by atoms with Gasteiger partial charge in [-0.05, 0) is 30.3 Å². The van der Waals surface area contributed by atoms with Crippen molar-refractivity contribution in [1.29, 1.82) is 5.26 Å². The highest BCUT2D eigenvalue weighted by atomic mass is 35.5. The van der Waals surface area contributed by atoms with E-state index in [9.17, 15) is 4.79 Å². The number of ether oxygens (including phenoxy) is 1. The van der Waals surface area contributed by atoms with Crippen LogP contribution in [0.2, 0.25) is 5.02 Å². The van der Waals surface area contributed by atoms with E-state index in [2.05, 4.69) is 6.07 Å². The number of benzene rings is 2. The quantitative estimate of drug-likeness (QED) is 0.524. The second-order valence-corrected chi connectivity index (χ2v) is 7.12. The van der Waals surface area contributed by atoms with Crippen molar-refractivity contribution >= 4 is 34.5 Å². The maximum Gasteiger partial charge on any atom is 0.246 e. The molecule has 0 atom stereocenters. The Morgan fingerprint density at radius 3 is 2.86 bits per heavy atom. The number of hydrogen-bond acceptors (Lipinski definition) is 3. The fourth-order valence-corrected chi connectivity index (χ4v) is 3.45. The van der Waals surface area contributed by atoms with E-state index in [0.29, 0.717) is 30.3 Å². The summed E-state index contributed by atoms with van der Waals surface area (Å²) in [5.41, 5.74) is 2.84. The lowest BCUT2D eigenvalue weighted by Crippen LogP contribution is -2.24. The van der Waals surface area contributed by atoms with Gasteiger partial charge in [-0.25, -0.2) is 0 Å². The normalized spacial score (nSPS) is 11.0. The Balaban J connectivity index is 1.78. The van der Waals surface area contributed by atoms with Gasteiger partial charge in [0.05, 0.1) is 19.6 Å². The molecule has 0 saturated heterocycles. The Morgan fingerprint density at radius 2 is 2.10 bits per heavy atom. The predicted octanol–water partition coefficient (Wildman–Crippen LogP) is 4.89. The van der Waals surface area contributed by atoms with Gasteiger partial charge >= 0.3 is 0 Å². The van der Waals surface area contributed by atoms with Crippen molar-refractivity contribution in [2.75, 3.05) is 14.2 Å². The molecule has 29 heavy (non-hydrogen) atoms. The summed E-state index contributed by atoms with van der Waals surface area (Å²) in [5, 5.41) is 10.5. The molecule has 0 fully saturated rings. The number of carbonyl (C=O) groups excluding carboxylic acids is 1. The molecule has 6 heteroatoms. The molecule has 3 aromatic rings. The molecule has 0 aliphatic carbocycles. The fourth-order valence-electron chi connectivity index (χ4n) is 3.26. The van der Waals surface area contributed by atoms with Crippen molar-refractivity contribution in [3.05, 3.63) is 70.9 Å². The summed E-state index contributed by atoms with van der Waals surface area (Å²) >= 11 is 6.08. The smallest absolute Gasteiger partial charge is 0.246 e. The molecule has 1 heterocycles. The lowest BCUT2D eigenvalue weighted by Gasteiger charge is -2.17. The van der Waals surface area contributed by atoms with E-state index in [1.807, 2.05) is 41.1 Å². The lowest BCUT2D eigenvalue weighted by atomic mass is 10.1. The highest BCUT2D eigenvalue weighted by molar-refractivity contribution is 6.30. The average Bonchev–Trinajstić information content (AvgIpc) is 3.08. The molecule has 0 bridgehead atoms. The summed E-state index contributed by atoms with van der Waals surface area (Å²) < 4.78 is 7.40. The van der Waals surface area contributed by atoms with Gasteiger partial charge in [-0.3, -0.25) is 4.79 Å². The standard InChI is InChI=1S/C23H22ClN3O2/c1-26(15-18-14-19(24)9-10-22(18)29-2)23(28)11-8-17-16-27(13-5-12-25)21-7-4-3-6-20(17)21/h3-4,6-11,14,16H,5,13,15H2,1-2H3/b11-8+. The molecule has 1 amide bonds. The minimum atomic E-state index is -0.124. The Bertz CT molecular complexity index is 1100. The number of fused-ring (bicyclic) bond motifs is 1. The van der Waals surface area contributed by atoms with Crippen LogP contribution >= 0.6 is 11.6 Å². The number of amides is 1. The molecule has 0 spiro atoms. The van der Waals surface area contributed by atoms with Crippen molar-refractivity contribution in [2.24, 2.45) is 0 Å². The first kappa shape index (κ1) is 20.5. The number of nitriles is 1. The van der Waals surface area contributed by atoms with Crippen LogP contribution in [-0.4, -0.2) is 29.5 Å². The minimum absolute atomic E-state index is 0.124. The van der Waals surface area contributed by atoms with Crippen molar-refractivity contribution in [3.8, 4) is 11.8 Å². The second-order valence-electron chi connectivity index (χ2n) is 6.69. The van der Waals surface area contributed by atoms with Crippen LogP contribution in [0.4, 0.5) is 0 Å². The topological polar surface area (TPSA) is 58.3 Å². The van der Waals surface area contributed by atoms with E-state index in [1.54, 1.807) is 43.3 Å². The molecule has 0 N–H and O–H groups in total. The Kier molecular flexibility index (Phi) is 6.58. The monoisotopic (exact) mass is 407 g/mol. The van der Waals surface area contributed by atoms with Crippen molar-refractivity contribution in [1.82, 2.24) is 9.47 Å². The number of hydrogen-bond donors (Lipinski definition) is 0. The molecule has 1 aromatic heterocycles. The first-order chi connectivity index (χ1) is 14.0. The third-order valence-electron chi connectivity index (χ3n) is 4.72. The van der Waals surface area contributed by atoms with Gasteiger partial charge in [0.15, 0.2) is 0 Å². The average molecular weight is 408 g/mol. The highest BCUT2D eigenvalue weighted by Crippen LogP contribution is 2.25. The number of halogens is 1. The zero-order valence-electron chi connectivity index (χ0n) is 16.4. The molecular weight excluding hydrogens is 386 g/mol. The van der Waals surface area contributed by atoms with Crippen LogP contribution in [0, 0.1) is 11.3 Å². The number of nitrogens with zero attached hydrogens (tertiary/aromatic N) is 3. The summed E-state index contributed by atoms with van der Waals surface area (Å²) in [6.45, 7) is 1.00. The van der Waals surface area contributed by atoms with Crippen LogP contribution in [-0.2, 0) is 17.9 Å². The molecule has 0 aliphatic rings. The molecule has 0 radical (unpaired) electrons. The maximum absolute atomic E-state index is 12.6. The maximum atomic E-state index is 12.6. The molecule has 0 saturated carbocycles. The molecule has 0 unspecified atom stereocenters. The van der Waals surface area contributed by atoms with Gasteiger partial charge in [0.1, 0.15) is 5.75 Å². The zero-order chi connectivity index (χ0) is 20.8. The Morgan fingerprint density at radius 1 is 1.31 bits per heavy atom. The third-order valence-corrected chi connectivity index (χ3v) is 4.95. The van der Waals surface area contributed by atoms with Crippen LogP contribution in [0.3, 0.4) is 0 Å². The van der Waals surface area contributed by atoms with E-state index in [-0.39, 0.29) is 5.91 Å². The predicted molar refractivity (Wildman–Crippen MR) is 116 cm³/mol. The number of aromatic nitrogens is 1. The molecule has 3 rings (SSSR count). The number of likely N-dealkylation sites (N-methyl/N-ethyl adjacent to an activating group) is 1. The molecule has 2 aromatic carbocycles. The number of para-hydroxylation sites is 1. The van der Waals surface area contributed by atoms with Gasteiger partial charge in [-0.15, -0.1) is 0 Å². The van der Waals surface area contributed by atoms with Gasteiger partial charge in [0, 0.05) is 59.5 Å². The van der Waals surface area contributed by atoms with Crippen LogP contribution in [0.5, 0.6) is 5.75 Å². The first-order valence-electron chi connectivity index (χ1n) is 9.24. The van der Waals surface area contributed by atoms with Gasteiger partial charge < -0.3 is 14.2 Å². The van der Waals surface area contributed by atoms with E-state index >= 15 is 0 Å². The van der Waals surface area contributed by atoms with Gasteiger partial charge in [-0.1, -0.05) is 29.8 Å². The summed E-state index contributed by atoms with van der Waals surface area (Å²) in [4.78, 5) is 14.2. The van der Waals surface area contributed by atoms with E-state index < -0.39 is 0 Å². The van der Waals surface area contributed by atoms with Crippen LogP contribution in [0.15, 0.2) is 54.7 Å². The zero-order valence-corrected chi connectivity index (χ0v) is 17.2. The summed E-state index contributed by atoms with van der Waals surface area (Å²) in [6.07, 6.45) is 5.80. The number of aryl methyl sites for hydroxylation is 1. The van der Waals surface area contributed by atoms with Crippen molar-refractivity contribution in [3.63, 3.8) is 0 Å². The van der Waals surface area contributed by atoms with E-state index in [4.69, 9.17) is 21.6 Å². The third kappa shape index (κ3) is 4.79. The largest absolute Gasteiger partial charge is 0.496 e. The summed E-state index contributed by atoms with van der Waals surface area (Å²) in [7, 11) is 3.33. The van der Waals surface area contributed by atoms with Crippen molar-refractivity contribution < 1.29 is 9.53 Å². The molecular formula is C23H22ClN3O2. The van der Waals surface area contributed by atoms with Gasteiger partial charge in [0.2, 0.25) is 5.91 Å². The van der Waals surface area contributed by atoms with E-state index in [0.717, 1.165) is 22.0 Å². The summed E-state index contributed by atoms with van der Waals surface area (Å²) in [6, 6.07) is 15.5. The number of carbonyl (C=O) groups is 1. The Hall–Kier alpha value is -3.23. The SMILES string of the molecule is COc1ccc(Cl)cc1CN(C)C(=O)/C=C/c1cn(CCC#N)c2ccccc12. The molecule has 5 nitrogen and oxygen atoms in total. The molecule has 0 aliphatic heterocycles. The van der Waals surface area contributed by atoms with Crippen LogP contribution in [0.1, 0.15) is 17.5 Å². The van der Waals surface area contributed by atoms with Crippen LogP contribution in [0.25, 0.3) is 17.0 Å². The van der Waals surface area contributed by atoms with Gasteiger partial charge in [0.25, 0.3) is 0 Å². The molecule has 148 valence electrons. The fraction of sp³-hybridized carbons (Fsp3) is 0.217. The summed E-state index contributed by atoms with van der Waals surface area (Å²) in [5.74, 6) is 0.569. The van der Waals surface area contributed by atoms with E-state index in [1.165, 1.54) is 0 Å². The minimum Gasteiger partial charge on any atom is -0.496 e. The second kappa shape index (κ2) is 9.31. The number of rotatable bonds is 7. The first-order valence-corrected chi connectivity index (χ1v) is 9.61. The lowest BCUT2D eigenvalue weighted by molar-refractivity contribution is -0.125. The number of methoxy groups -OCH3 is 1. The van der Waals surface area contributed by atoms with Gasteiger partial charge in [-0.2, -0.15) is 5.26 Å². The van der Waals surface area contributed by atoms with Crippen molar-refractivity contribution in [2.45, 2.75) is 19.5 Å². The highest BCUT2D eigenvalue weighted by Gasteiger charge is 2.11. The Labute approximate surface area is 175 Å².